The Labute approximate surface area is 173 Å². The van der Waals surface area contributed by atoms with E-state index in [1.807, 2.05) is 6.07 Å². The van der Waals surface area contributed by atoms with Crippen LogP contribution in [0.25, 0.3) is 0 Å². The van der Waals surface area contributed by atoms with Crippen LogP contribution in [0, 0.1) is 11.3 Å². The highest BCUT2D eigenvalue weighted by molar-refractivity contribution is 6.42. The number of halogens is 2. The summed E-state index contributed by atoms with van der Waals surface area (Å²) in [5.74, 6) is -2.03. The van der Waals surface area contributed by atoms with Crippen LogP contribution in [0.3, 0.4) is 0 Å². The summed E-state index contributed by atoms with van der Waals surface area (Å²) in [4.78, 5) is 25.5. The quantitative estimate of drug-likeness (QED) is 0.544. The van der Waals surface area contributed by atoms with Crippen molar-refractivity contribution in [3.8, 4) is 6.07 Å². The second kappa shape index (κ2) is 9.63. The van der Waals surface area contributed by atoms with Gasteiger partial charge in [0, 0.05) is 11.4 Å². The molecule has 0 fully saturated rings. The molecule has 0 amide bonds. The van der Waals surface area contributed by atoms with E-state index in [1.165, 1.54) is 0 Å². The van der Waals surface area contributed by atoms with Gasteiger partial charge >= 0.3 is 11.9 Å². The predicted octanol–water partition coefficient (Wildman–Crippen LogP) is 4.25. The first-order chi connectivity index (χ1) is 13.3. The van der Waals surface area contributed by atoms with Crippen molar-refractivity contribution in [3.05, 3.63) is 56.3 Å². The fraction of sp³-hybridized carbons (Fsp3) is 0.350. The van der Waals surface area contributed by atoms with Gasteiger partial charge in [0.1, 0.15) is 6.61 Å². The molecule has 0 bridgehead atoms. The van der Waals surface area contributed by atoms with E-state index < -0.39 is 17.9 Å². The first-order valence-electron chi connectivity index (χ1n) is 8.67. The molecule has 0 unspecified atom stereocenters. The van der Waals surface area contributed by atoms with Gasteiger partial charge in [0.15, 0.2) is 0 Å². The van der Waals surface area contributed by atoms with Gasteiger partial charge in [0.25, 0.3) is 0 Å². The topological polar surface area (TPSA) is 88.4 Å². The van der Waals surface area contributed by atoms with Crippen LogP contribution in [0.1, 0.15) is 38.7 Å². The summed E-state index contributed by atoms with van der Waals surface area (Å²) in [5.41, 5.74) is 2.03. The molecule has 0 radical (unpaired) electrons. The van der Waals surface area contributed by atoms with Crippen molar-refractivity contribution in [1.82, 2.24) is 5.32 Å². The highest BCUT2D eigenvalue weighted by Crippen LogP contribution is 2.43. The molecule has 1 N–H and O–H groups in total. The maximum absolute atomic E-state index is 12.8. The number of allylic oxidation sites excluding steroid dienone is 2. The largest absolute Gasteiger partial charge is 0.463 e. The van der Waals surface area contributed by atoms with Crippen molar-refractivity contribution in [1.29, 1.82) is 5.26 Å². The lowest BCUT2D eigenvalue weighted by atomic mass is 9.80. The SMILES string of the molecule is CCOC(=O)C1=C(C)NC(C)=C(C(=O)OCCC#N)[C@H]1c1cccc(Cl)c1Cl. The second-order valence-corrected chi connectivity index (χ2v) is 6.83. The highest BCUT2D eigenvalue weighted by Gasteiger charge is 2.39. The number of carbonyl (C=O) groups is 2. The lowest BCUT2D eigenvalue weighted by molar-refractivity contribution is -0.139. The van der Waals surface area contributed by atoms with E-state index >= 15 is 0 Å². The molecule has 28 heavy (non-hydrogen) atoms. The van der Waals surface area contributed by atoms with Crippen molar-refractivity contribution in [2.24, 2.45) is 0 Å². The average molecular weight is 423 g/mol. The highest BCUT2D eigenvalue weighted by atomic mass is 35.5. The molecular formula is C20H20Cl2N2O4. The van der Waals surface area contributed by atoms with E-state index in [2.05, 4.69) is 5.32 Å². The summed E-state index contributed by atoms with van der Waals surface area (Å²) in [6.45, 7) is 5.25. The summed E-state index contributed by atoms with van der Waals surface area (Å²) < 4.78 is 10.4. The number of nitrogens with zero attached hydrogens (tertiary/aromatic N) is 1. The van der Waals surface area contributed by atoms with Gasteiger partial charge in [0.05, 0.1) is 46.2 Å². The molecule has 0 aromatic heterocycles. The van der Waals surface area contributed by atoms with Crippen LogP contribution in [0.5, 0.6) is 0 Å². The number of nitriles is 1. The van der Waals surface area contributed by atoms with Gasteiger partial charge in [-0.2, -0.15) is 5.26 Å². The summed E-state index contributed by atoms with van der Waals surface area (Å²) >= 11 is 12.6. The Bertz CT molecular complexity index is 900. The molecule has 6 nitrogen and oxygen atoms in total. The zero-order valence-electron chi connectivity index (χ0n) is 15.8. The normalized spacial score (nSPS) is 16.4. The Balaban J connectivity index is 2.63. The third-order valence-corrected chi connectivity index (χ3v) is 5.05. The van der Waals surface area contributed by atoms with E-state index in [9.17, 15) is 9.59 Å². The van der Waals surface area contributed by atoms with Gasteiger partial charge in [0.2, 0.25) is 0 Å². The molecule has 8 heteroatoms. The maximum Gasteiger partial charge on any atom is 0.336 e. The number of carbonyl (C=O) groups excluding carboxylic acids is 2. The molecular weight excluding hydrogens is 403 g/mol. The van der Waals surface area contributed by atoms with Gasteiger partial charge < -0.3 is 14.8 Å². The van der Waals surface area contributed by atoms with Crippen LogP contribution in [-0.2, 0) is 19.1 Å². The average Bonchev–Trinajstić information content (AvgIpc) is 2.63. The van der Waals surface area contributed by atoms with Gasteiger partial charge in [-0.3, -0.25) is 0 Å². The van der Waals surface area contributed by atoms with Crippen LogP contribution >= 0.6 is 23.2 Å². The van der Waals surface area contributed by atoms with E-state index in [0.717, 1.165) is 0 Å². The molecule has 0 saturated carbocycles. The van der Waals surface area contributed by atoms with Crippen molar-refractivity contribution in [2.75, 3.05) is 13.2 Å². The zero-order valence-corrected chi connectivity index (χ0v) is 17.3. The van der Waals surface area contributed by atoms with E-state index in [4.69, 9.17) is 37.9 Å². The van der Waals surface area contributed by atoms with Gasteiger partial charge in [-0.15, -0.1) is 0 Å². The maximum atomic E-state index is 12.8. The van der Waals surface area contributed by atoms with Crippen molar-refractivity contribution >= 4 is 35.1 Å². The summed E-state index contributed by atoms with van der Waals surface area (Å²) in [6.07, 6.45) is 0.0632. The van der Waals surface area contributed by atoms with Crippen LogP contribution in [-0.4, -0.2) is 25.2 Å². The molecule has 1 aliphatic heterocycles. The number of benzene rings is 1. The Hall–Kier alpha value is -2.49. The molecule has 0 aliphatic carbocycles. The lowest BCUT2D eigenvalue weighted by Crippen LogP contribution is -2.32. The molecule has 1 heterocycles. The minimum Gasteiger partial charge on any atom is -0.463 e. The third kappa shape index (κ3) is 4.49. The first kappa shape index (κ1) is 21.8. The number of ether oxygens (including phenoxy) is 2. The minimum atomic E-state index is -0.818. The molecule has 1 aliphatic rings. The third-order valence-electron chi connectivity index (χ3n) is 4.22. The molecule has 0 spiro atoms. The number of nitrogens with one attached hydrogen (secondary N) is 1. The number of hydrogen-bond acceptors (Lipinski definition) is 6. The first-order valence-corrected chi connectivity index (χ1v) is 9.42. The minimum absolute atomic E-state index is 0.0560. The van der Waals surface area contributed by atoms with Crippen molar-refractivity contribution in [3.63, 3.8) is 0 Å². The smallest absolute Gasteiger partial charge is 0.336 e. The van der Waals surface area contributed by atoms with Gasteiger partial charge in [-0.25, -0.2) is 9.59 Å². The molecule has 1 aromatic carbocycles. The van der Waals surface area contributed by atoms with Crippen LogP contribution in [0.2, 0.25) is 10.0 Å². The zero-order chi connectivity index (χ0) is 20.8. The number of hydrogen-bond donors (Lipinski definition) is 1. The summed E-state index contributed by atoms with van der Waals surface area (Å²) in [6, 6.07) is 6.93. The van der Waals surface area contributed by atoms with Crippen LogP contribution in [0.15, 0.2) is 40.7 Å². The van der Waals surface area contributed by atoms with Crippen molar-refractivity contribution < 1.29 is 19.1 Å². The Morgan fingerprint density at radius 3 is 2.32 bits per heavy atom. The molecule has 148 valence electrons. The standard InChI is InChI=1S/C20H20Cl2N2O4/c1-4-27-19(25)15-11(2)24-12(3)16(20(26)28-10-6-9-23)17(15)13-7-5-8-14(21)18(13)22/h5,7-8,17,24H,4,6,10H2,1-3H3/t17-/m0/s1. The Kier molecular flexibility index (Phi) is 7.50. The fourth-order valence-electron chi connectivity index (χ4n) is 3.07. The molecule has 2 rings (SSSR count). The second-order valence-electron chi connectivity index (χ2n) is 6.04. The van der Waals surface area contributed by atoms with E-state index in [0.29, 0.717) is 22.0 Å². The van der Waals surface area contributed by atoms with E-state index in [-0.39, 0.29) is 35.8 Å². The Morgan fingerprint density at radius 1 is 1.14 bits per heavy atom. The van der Waals surface area contributed by atoms with E-state index in [1.54, 1.807) is 39.0 Å². The van der Waals surface area contributed by atoms with Crippen LogP contribution < -0.4 is 5.32 Å². The summed E-state index contributed by atoms with van der Waals surface area (Å²) in [5, 5.41) is 12.3. The molecule has 1 atom stereocenters. The lowest BCUT2D eigenvalue weighted by Gasteiger charge is -2.31. The summed E-state index contributed by atoms with van der Waals surface area (Å²) in [7, 11) is 0. The van der Waals surface area contributed by atoms with Crippen LogP contribution in [0.4, 0.5) is 0 Å². The molecule has 1 aromatic rings. The van der Waals surface area contributed by atoms with Gasteiger partial charge in [-0.05, 0) is 32.4 Å². The number of rotatable bonds is 6. The number of esters is 2. The predicted molar refractivity (Wildman–Crippen MR) is 106 cm³/mol. The monoisotopic (exact) mass is 422 g/mol. The fourth-order valence-corrected chi connectivity index (χ4v) is 3.48. The number of dihydropyridines is 1. The van der Waals surface area contributed by atoms with Gasteiger partial charge in [-0.1, -0.05) is 35.3 Å². The molecule has 0 saturated heterocycles. The Morgan fingerprint density at radius 2 is 1.75 bits per heavy atom. The van der Waals surface area contributed by atoms with Crippen molar-refractivity contribution in [2.45, 2.75) is 33.1 Å².